The van der Waals surface area contributed by atoms with Crippen molar-refractivity contribution in [2.24, 2.45) is 0 Å². The van der Waals surface area contributed by atoms with Crippen molar-refractivity contribution in [2.45, 2.75) is 33.6 Å². The molecule has 0 unspecified atom stereocenters. The lowest BCUT2D eigenvalue weighted by Gasteiger charge is -2.12. The summed E-state index contributed by atoms with van der Waals surface area (Å²) in [5.74, 6) is -0.560. The third kappa shape index (κ3) is 6.65. The monoisotopic (exact) mass is 251 g/mol. The third-order valence-electron chi connectivity index (χ3n) is 1.40. The van der Waals surface area contributed by atoms with Crippen LogP contribution >= 0.6 is 0 Å². The summed E-state index contributed by atoms with van der Waals surface area (Å²) < 4.78 is 44.6. The highest BCUT2D eigenvalue weighted by Gasteiger charge is 2.32. The molecule has 0 aliphatic rings. The first-order valence-electron chi connectivity index (χ1n) is 5.36. The third-order valence-corrected chi connectivity index (χ3v) is 1.40. The molecular formula is C11H16F3NO2. The van der Waals surface area contributed by atoms with Crippen LogP contribution in [0.25, 0.3) is 0 Å². The predicted molar refractivity (Wildman–Crippen MR) is 58.1 cm³/mol. The van der Waals surface area contributed by atoms with Crippen LogP contribution in [-0.4, -0.2) is 18.0 Å². The van der Waals surface area contributed by atoms with Crippen molar-refractivity contribution in [3.8, 4) is 11.6 Å². The number of alkyl halides is 3. The van der Waals surface area contributed by atoms with Crippen LogP contribution in [0.5, 0.6) is 11.6 Å². The minimum Gasteiger partial charge on any atom is -0.475 e. The van der Waals surface area contributed by atoms with E-state index in [2.05, 4.69) is 9.72 Å². The van der Waals surface area contributed by atoms with Crippen molar-refractivity contribution in [1.82, 2.24) is 4.98 Å². The summed E-state index contributed by atoms with van der Waals surface area (Å²) in [4.78, 5) is 3.65. The molecule has 0 saturated carbocycles. The van der Waals surface area contributed by atoms with Gasteiger partial charge in [-0.3, -0.25) is 0 Å². The lowest BCUT2D eigenvalue weighted by atomic mass is 10.4. The van der Waals surface area contributed by atoms with Gasteiger partial charge in [0.2, 0.25) is 0 Å². The lowest BCUT2D eigenvalue weighted by molar-refractivity contribution is -0.275. The van der Waals surface area contributed by atoms with E-state index in [4.69, 9.17) is 4.74 Å². The molecule has 98 valence electrons. The number of aromatic nitrogens is 1. The van der Waals surface area contributed by atoms with Gasteiger partial charge in [-0.15, -0.1) is 13.2 Å². The van der Waals surface area contributed by atoms with Crippen molar-refractivity contribution < 1.29 is 22.6 Å². The fraction of sp³-hybridized carbons (Fsp3) is 0.545. The van der Waals surface area contributed by atoms with Gasteiger partial charge in [-0.2, -0.15) is 0 Å². The summed E-state index contributed by atoms with van der Waals surface area (Å²) in [7, 11) is 0. The maximum Gasteiger partial charge on any atom is 0.573 e. The normalized spacial score (nSPS) is 10.2. The summed E-state index contributed by atoms with van der Waals surface area (Å²) in [6, 6.07) is 2.51. The standard InChI is InChI=1S/C9H10F3NO2.C2H6/c1-2-6-14-8-7(4-3-5-13-8)15-9(10,11)12;1-2/h3-5H,2,6H2,1H3;1-2H3. The predicted octanol–water partition coefficient (Wildman–Crippen LogP) is 3.80. The van der Waals surface area contributed by atoms with Gasteiger partial charge in [0.05, 0.1) is 6.61 Å². The van der Waals surface area contributed by atoms with Crippen LogP contribution in [0, 0.1) is 0 Å². The fourth-order valence-corrected chi connectivity index (χ4v) is 0.886. The van der Waals surface area contributed by atoms with Crippen LogP contribution in [0.4, 0.5) is 13.2 Å². The van der Waals surface area contributed by atoms with Gasteiger partial charge in [0.1, 0.15) is 0 Å². The van der Waals surface area contributed by atoms with Crippen molar-refractivity contribution in [3.05, 3.63) is 18.3 Å². The minimum atomic E-state index is -4.73. The van der Waals surface area contributed by atoms with E-state index in [0.29, 0.717) is 13.0 Å². The molecule has 17 heavy (non-hydrogen) atoms. The Labute approximate surface area is 98.6 Å². The lowest BCUT2D eigenvalue weighted by Crippen LogP contribution is -2.18. The Morgan fingerprint density at radius 3 is 2.47 bits per heavy atom. The van der Waals surface area contributed by atoms with Crippen LogP contribution in [-0.2, 0) is 0 Å². The van der Waals surface area contributed by atoms with E-state index in [-0.39, 0.29) is 5.88 Å². The Morgan fingerprint density at radius 1 is 1.29 bits per heavy atom. The molecule has 6 heteroatoms. The summed E-state index contributed by atoms with van der Waals surface area (Å²) in [5, 5.41) is 0. The van der Waals surface area contributed by atoms with E-state index in [0.717, 1.165) is 6.07 Å². The Kier molecular flexibility index (Phi) is 7.09. The number of halogens is 3. The van der Waals surface area contributed by atoms with E-state index in [1.807, 2.05) is 20.8 Å². The van der Waals surface area contributed by atoms with Crippen molar-refractivity contribution >= 4 is 0 Å². The number of hydrogen-bond acceptors (Lipinski definition) is 3. The van der Waals surface area contributed by atoms with Gasteiger partial charge < -0.3 is 9.47 Å². The SMILES string of the molecule is CC.CCCOc1ncccc1OC(F)(F)F. The highest BCUT2D eigenvalue weighted by molar-refractivity contribution is 5.32. The summed E-state index contributed by atoms with van der Waals surface area (Å²) in [6.45, 7) is 6.14. The molecule has 3 nitrogen and oxygen atoms in total. The van der Waals surface area contributed by atoms with E-state index >= 15 is 0 Å². The number of pyridine rings is 1. The smallest absolute Gasteiger partial charge is 0.475 e. The molecule has 1 heterocycles. The van der Waals surface area contributed by atoms with Crippen LogP contribution in [0.1, 0.15) is 27.2 Å². The van der Waals surface area contributed by atoms with Crippen molar-refractivity contribution in [3.63, 3.8) is 0 Å². The molecule has 0 radical (unpaired) electrons. The van der Waals surface area contributed by atoms with Gasteiger partial charge in [-0.1, -0.05) is 20.8 Å². The van der Waals surface area contributed by atoms with E-state index in [1.54, 1.807) is 0 Å². The Hall–Kier alpha value is -1.46. The molecule has 0 N–H and O–H groups in total. The Balaban J connectivity index is 0.00000121. The minimum absolute atomic E-state index is 0.142. The van der Waals surface area contributed by atoms with Gasteiger partial charge in [-0.05, 0) is 18.6 Å². The molecule has 0 atom stereocenters. The number of ether oxygens (including phenoxy) is 2. The zero-order chi connectivity index (χ0) is 13.3. The highest BCUT2D eigenvalue weighted by atomic mass is 19.4. The first-order valence-corrected chi connectivity index (χ1v) is 5.36. The van der Waals surface area contributed by atoms with E-state index in [9.17, 15) is 13.2 Å². The van der Waals surface area contributed by atoms with Crippen molar-refractivity contribution in [1.29, 1.82) is 0 Å². The first kappa shape index (κ1) is 15.5. The molecule has 0 aromatic carbocycles. The molecule has 0 saturated heterocycles. The average molecular weight is 251 g/mol. The summed E-state index contributed by atoms with van der Waals surface area (Å²) >= 11 is 0. The zero-order valence-corrected chi connectivity index (χ0v) is 10.0. The largest absolute Gasteiger partial charge is 0.573 e. The molecule has 0 aliphatic carbocycles. The van der Waals surface area contributed by atoms with Gasteiger partial charge in [0.15, 0.2) is 5.75 Å². The Bertz CT molecular complexity index is 316. The highest BCUT2D eigenvalue weighted by Crippen LogP contribution is 2.29. The molecule has 0 amide bonds. The van der Waals surface area contributed by atoms with Crippen LogP contribution in [0.3, 0.4) is 0 Å². The first-order chi connectivity index (χ1) is 8.03. The maximum atomic E-state index is 11.9. The number of rotatable bonds is 4. The molecule has 1 aromatic rings. The summed E-state index contributed by atoms with van der Waals surface area (Å²) in [5.41, 5.74) is 0. The van der Waals surface area contributed by atoms with E-state index in [1.165, 1.54) is 12.3 Å². The van der Waals surface area contributed by atoms with Crippen LogP contribution in [0.15, 0.2) is 18.3 Å². The number of hydrogen-bond donors (Lipinski definition) is 0. The Morgan fingerprint density at radius 2 is 1.94 bits per heavy atom. The van der Waals surface area contributed by atoms with Crippen LogP contribution < -0.4 is 9.47 Å². The average Bonchev–Trinajstić information content (AvgIpc) is 2.29. The van der Waals surface area contributed by atoms with Crippen LogP contribution in [0.2, 0.25) is 0 Å². The molecule has 0 fully saturated rings. The van der Waals surface area contributed by atoms with E-state index < -0.39 is 12.1 Å². The second-order valence-corrected chi connectivity index (χ2v) is 2.70. The molecule has 1 rings (SSSR count). The van der Waals surface area contributed by atoms with Gasteiger partial charge >= 0.3 is 6.36 Å². The second-order valence-electron chi connectivity index (χ2n) is 2.70. The van der Waals surface area contributed by atoms with Crippen molar-refractivity contribution in [2.75, 3.05) is 6.61 Å². The quantitative estimate of drug-likeness (QED) is 0.815. The molecule has 0 bridgehead atoms. The summed E-state index contributed by atoms with van der Waals surface area (Å²) in [6.07, 6.45) is -2.70. The van der Waals surface area contributed by atoms with Gasteiger partial charge in [0, 0.05) is 6.20 Å². The zero-order valence-electron chi connectivity index (χ0n) is 10.0. The van der Waals surface area contributed by atoms with Gasteiger partial charge in [-0.25, -0.2) is 4.98 Å². The fourth-order valence-electron chi connectivity index (χ4n) is 0.886. The maximum absolute atomic E-state index is 11.9. The number of nitrogens with zero attached hydrogens (tertiary/aromatic N) is 1. The molecule has 0 spiro atoms. The molecular weight excluding hydrogens is 235 g/mol. The van der Waals surface area contributed by atoms with Gasteiger partial charge in [0.25, 0.3) is 5.88 Å². The molecule has 0 aliphatic heterocycles. The topological polar surface area (TPSA) is 31.4 Å². The second kappa shape index (κ2) is 7.76. The molecule has 1 aromatic heterocycles.